The number of nitrogens with zero attached hydrogens (tertiary/aromatic N) is 5. The lowest BCUT2D eigenvalue weighted by Gasteiger charge is -2.39. The van der Waals surface area contributed by atoms with E-state index in [-0.39, 0.29) is 30.2 Å². The van der Waals surface area contributed by atoms with E-state index in [4.69, 9.17) is 0 Å². The molecule has 2 aliphatic heterocycles. The van der Waals surface area contributed by atoms with Crippen molar-refractivity contribution in [2.45, 2.75) is 31.7 Å². The van der Waals surface area contributed by atoms with Gasteiger partial charge in [-0.3, -0.25) is 14.4 Å². The first-order chi connectivity index (χ1) is 12.5. The Labute approximate surface area is 152 Å². The zero-order valence-corrected chi connectivity index (χ0v) is 15.3. The summed E-state index contributed by atoms with van der Waals surface area (Å²) >= 11 is 0. The second-order valence-corrected chi connectivity index (χ2v) is 7.73. The van der Waals surface area contributed by atoms with E-state index in [1.54, 1.807) is 27.9 Å². The Morgan fingerprint density at radius 3 is 2.62 bits per heavy atom. The van der Waals surface area contributed by atoms with E-state index in [0.29, 0.717) is 31.3 Å². The number of carbonyl (C=O) groups is 3. The molecule has 1 aromatic rings. The van der Waals surface area contributed by atoms with Gasteiger partial charge in [-0.2, -0.15) is 0 Å². The number of likely N-dealkylation sites (tertiary alicyclic amines) is 1. The van der Waals surface area contributed by atoms with Crippen molar-refractivity contribution in [3.63, 3.8) is 0 Å². The molecule has 0 bridgehead atoms. The third-order valence-electron chi connectivity index (χ3n) is 5.81. The summed E-state index contributed by atoms with van der Waals surface area (Å²) in [7, 11) is 3.60. The molecule has 3 heterocycles. The van der Waals surface area contributed by atoms with Gasteiger partial charge in [-0.1, -0.05) is 0 Å². The maximum absolute atomic E-state index is 13.2. The Morgan fingerprint density at radius 2 is 1.96 bits per heavy atom. The lowest BCUT2D eigenvalue weighted by Crippen LogP contribution is -2.48. The number of hydrogen-bond donors (Lipinski definition) is 0. The van der Waals surface area contributed by atoms with Crippen LogP contribution in [0.4, 0.5) is 0 Å². The number of aromatic nitrogens is 2. The molecule has 0 unspecified atom stereocenters. The molecule has 3 amide bonds. The highest BCUT2D eigenvalue weighted by atomic mass is 16.2. The van der Waals surface area contributed by atoms with Gasteiger partial charge in [-0.15, -0.1) is 0 Å². The van der Waals surface area contributed by atoms with Crippen LogP contribution in [-0.4, -0.2) is 68.8 Å². The lowest BCUT2D eigenvalue weighted by molar-refractivity contribution is -0.147. The van der Waals surface area contributed by atoms with E-state index in [1.165, 1.54) is 12.8 Å². The van der Waals surface area contributed by atoms with E-state index in [9.17, 15) is 14.4 Å². The SMILES string of the molecule is CN1C(=O)CC[C@H](C(=O)N2CC(=O)N(CC3CC3)C2)[C@H]1c1nccn1C. The largest absolute Gasteiger partial charge is 0.336 e. The number of amides is 3. The van der Waals surface area contributed by atoms with E-state index in [2.05, 4.69) is 4.98 Å². The number of rotatable bonds is 4. The summed E-state index contributed by atoms with van der Waals surface area (Å²) in [5, 5.41) is 0. The third-order valence-corrected chi connectivity index (χ3v) is 5.81. The average molecular weight is 359 g/mol. The molecular formula is C18H25N5O3. The van der Waals surface area contributed by atoms with Crippen LogP contribution in [0.1, 0.15) is 37.5 Å². The van der Waals surface area contributed by atoms with Crippen LogP contribution in [0.2, 0.25) is 0 Å². The van der Waals surface area contributed by atoms with E-state index in [1.807, 2.05) is 17.8 Å². The summed E-state index contributed by atoms with van der Waals surface area (Å²) in [6.45, 7) is 1.27. The van der Waals surface area contributed by atoms with Crippen LogP contribution in [0, 0.1) is 11.8 Å². The van der Waals surface area contributed by atoms with Gasteiger partial charge >= 0.3 is 0 Å². The fourth-order valence-electron chi connectivity index (χ4n) is 4.06. The first kappa shape index (κ1) is 17.1. The van der Waals surface area contributed by atoms with Crippen LogP contribution >= 0.6 is 0 Å². The van der Waals surface area contributed by atoms with Crippen LogP contribution in [0.3, 0.4) is 0 Å². The number of hydrogen-bond acceptors (Lipinski definition) is 4. The second-order valence-electron chi connectivity index (χ2n) is 7.73. The van der Waals surface area contributed by atoms with Crippen LogP contribution < -0.4 is 0 Å². The summed E-state index contributed by atoms with van der Waals surface area (Å²) in [5.74, 6) is 0.942. The van der Waals surface area contributed by atoms with E-state index >= 15 is 0 Å². The van der Waals surface area contributed by atoms with Crippen molar-refractivity contribution in [2.24, 2.45) is 18.9 Å². The number of piperidine rings is 1. The van der Waals surface area contributed by atoms with Crippen LogP contribution in [-0.2, 0) is 21.4 Å². The van der Waals surface area contributed by atoms with Gasteiger partial charge in [0.2, 0.25) is 17.7 Å². The summed E-state index contributed by atoms with van der Waals surface area (Å²) in [4.78, 5) is 47.2. The summed E-state index contributed by atoms with van der Waals surface area (Å²) in [6, 6.07) is -0.392. The Morgan fingerprint density at radius 1 is 1.19 bits per heavy atom. The van der Waals surface area contributed by atoms with Crippen molar-refractivity contribution in [1.29, 1.82) is 0 Å². The van der Waals surface area contributed by atoms with Gasteiger partial charge in [0.15, 0.2) is 0 Å². The monoisotopic (exact) mass is 359 g/mol. The molecule has 1 aromatic heterocycles. The zero-order valence-electron chi connectivity index (χ0n) is 15.3. The quantitative estimate of drug-likeness (QED) is 0.778. The lowest BCUT2D eigenvalue weighted by atomic mass is 9.87. The van der Waals surface area contributed by atoms with Crippen molar-refractivity contribution in [3.05, 3.63) is 18.2 Å². The highest BCUT2D eigenvalue weighted by Gasteiger charge is 2.44. The van der Waals surface area contributed by atoms with Crippen molar-refractivity contribution in [3.8, 4) is 0 Å². The average Bonchev–Trinajstić information content (AvgIpc) is 3.22. The maximum atomic E-state index is 13.2. The Bertz CT molecular complexity index is 741. The summed E-state index contributed by atoms with van der Waals surface area (Å²) in [6.07, 6.45) is 6.69. The van der Waals surface area contributed by atoms with Gasteiger partial charge in [0.05, 0.1) is 12.6 Å². The second kappa shape index (κ2) is 6.41. The molecule has 0 N–H and O–H groups in total. The number of imidazole rings is 1. The molecule has 2 atom stereocenters. The molecular weight excluding hydrogens is 334 g/mol. The predicted molar refractivity (Wildman–Crippen MR) is 92.5 cm³/mol. The molecule has 8 heteroatoms. The van der Waals surface area contributed by atoms with Crippen molar-refractivity contribution >= 4 is 17.7 Å². The van der Waals surface area contributed by atoms with Crippen molar-refractivity contribution in [2.75, 3.05) is 26.8 Å². The Hall–Kier alpha value is -2.38. The molecule has 0 aromatic carbocycles. The van der Waals surface area contributed by atoms with Gasteiger partial charge in [0.1, 0.15) is 18.4 Å². The summed E-state index contributed by atoms with van der Waals surface area (Å²) in [5.41, 5.74) is 0. The zero-order chi connectivity index (χ0) is 18.4. The molecule has 1 saturated carbocycles. The van der Waals surface area contributed by atoms with Crippen LogP contribution in [0.15, 0.2) is 12.4 Å². The Balaban J connectivity index is 1.54. The van der Waals surface area contributed by atoms with Crippen molar-refractivity contribution in [1.82, 2.24) is 24.3 Å². The normalized spacial score (nSPS) is 26.8. The number of aryl methyl sites for hydroxylation is 1. The molecule has 3 aliphatic rings. The van der Waals surface area contributed by atoms with Gasteiger partial charge in [-0.05, 0) is 25.2 Å². The fourth-order valence-corrected chi connectivity index (χ4v) is 4.06. The molecule has 4 rings (SSSR count). The molecule has 2 saturated heterocycles. The fraction of sp³-hybridized carbons (Fsp3) is 0.667. The molecule has 1 aliphatic carbocycles. The molecule has 26 heavy (non-hydrogen) atoms. The Kier molecular flexibility index (Phi) is 4.20. The van der Waals surface area contributed by atoms with Gasteiger partial charge < -0.3 is 19.3 Å². The minimum absolute atomic E-state index is 0.0231. The molecule has 3 fully saturated rings. The minimum Gasteiger partial charge on any atom is -0.336 e. The minimum atomic E-state index is -0.392. The molecule has 0 spiro atoms. The van der Waals surface area contributed by atoms with Gasteiger partial charge in [0.25, 0.3) is 0 Å². The maximum Gasteiger partial charge on any atom is 0.243 e. The van der Waals surface area contributed by atoms with Crippen molar-refractivity contribution < 1.29 is 14.4 Å². The smallest absolute Gasteiger partial charge is 0.243 e. The third kappa shape index (κ3) is 2.97. The van der Waals surface area contributed by atoms with Crippen LogP contribution in [0.25, 0.3) is 0 Å². The first-order valence-corrected chi connectivity index (χ1v) is 9.25. The molecule has 8 nitrogen and oxygen atoms in total. The number of carbonyl (C=O) groups excluding carboxylic acids is 3. The van der Waals surface area contributed by atoms with Gasteiger partial charge in [0, 0.05) is 39.5 Å². The van der Waals surface area contributed by atoms with E-state index in [0.717, 1.165) is 6.54 Å². The highest BCUT2D eigenvalue weighted by Crippen LogP contribution is 2.37. The molecule has 140 valence electrons. The van der Waals surface area contributed by atoms with Gasteiger partial charge in [-0.25, -0.2) is 4.98 Å². The van der Waals surface area contributed by atoms with E-state index < -0.39 is 6.04 Å². The topological polar surface area (TPSA) is 78.8 Å². The van der Waals surface area contributed by atoms with Crippen LogP contribution in [0.5, 0.6) is 0 Å². The molecule has 0 radical (unpaired) electrons. The first-order valence-electron chi connectivity index (χ1n) is 9.25. The standard InChI is InChI=1S/C18H25N5O3/c1-20-8-7-19-17(20)16-13(5-6-14(24)21(16)2)18(26)23-10-15(25)22(11-23)9-12-3-4-12/h7-8,12-13,16H,3-6,9-11H2,1-2H3/t13-,16-/m0/s1. The summed E-state index contributed by atoms with van der Waals surface area (Å²) < 4.78 is 1.86. The highest BCUT2D eigenvalue weighted by molar-refractivity contribution is 5.90. The predicted octanol–water partition coefficient (Wildman–Crippen LogP) is 0.368.